The number of amides is 1. The highest BCUT2D eigenvalue weighted by molar-refractivity contribution is 5.81. The van der Waals surface area contributed by atoms with E-state index in [1.54, 1.807) is 17.0 Å². The van der Waals surface area contributed by atoms with E-state index in [0.717, 1.165) is 11.3 Å². The zero-order valence-electron chi connectivity index (χ0n) is 14.1. The highest BCUT2D eigenvalue weighted by Crippen LogP contribution is 2.37. The number of benzene rings is 1. The molecule has 1 saturated heterocycles. The van der Waals surface area contributed by atoms with Crippen LogP contribution in [0.3, 0.4) is 0 Å². The number of aliphatic carboxylic acids is 1. The molecule has 1 fully saturated rings. The molecule has 25 heavy (non-hydrogen) atoms. The van der Waals surface area contributed by atoms with E-state index in [0.29, 0.717) is 25.3 Å². The van der Waals surface area contributed by atoms with Gasteiger partial charge in [-0.15, -0.1) is 0 Å². The van der Waals surface area contributed by atoms with E-state index in [-0.39, 0.29) is 12.3 Å². The topological polar surface area (TPSA) is 80.0 Å². The Balaban J connectivity index is 1.75. The van der Waals surface area contributed by atoms with Gasteiger partial charge in [-0.3, -0.25) is 9.59 Å². The van der Waals surface area contributed by atoms with Gasteiger partial charge in [0.1, 0.15) is 24.2 Å². The van der Waals surface area contributed by atoms with Crippen molar-refractivity contribution in [2.24, 2.45) is 5.92 Å². The molecular formula is C19H21NO5. The molecule has 3 rings (SSSR count). The SMILES string of the molecule is Cc1ccccc1OCCN1C(=O)CC[C@@H](C(=O)O)[C@H]1c1ccco1. The number of likely N-dealkylation sites (tertiary alicyclic amines) is 1. The van der Waals surface area contributed by atoms with Crippen molar-refractivity contribution in [1.29, 1.82) is 0 Å². The highest BCUT2D eigenvalue weighted by Gasteiger charge is 2.42. The number of hydrogen-bond donors (Lipinski definition) is 1. The molecule has 2 aromatic rings. The first kappa shape index (κ1) is 17.1. The second-order valence-electron chi connectivity index (χ2n) is 6.14. The molecule has 2 heterocycles. The minimum Gasteiger partial charge on any atom is -0.491 e. The third kappa shape index (κ3) is 3.68. The Morgan fingerprint density at radius 2 is 2.12 bits per heavy atom. The quantitative estimate of drug-likeness (QED) is 0.872. The van der Waals surface area contributed by atoms with E-state index < -0.39 is 17.9 Å². The molecule has 1 aromatic carbocycles. The van der Waals surface area contributed by atoms with Crippen LogP contribution in [0.2, 0.25) is 0 Å². The first-order chi connectivity index (χ1) is 12.1. The number of ether oxygens (including phenoxy) is 1. The van der Waals surface area contributed by atoms with Crippen LogP contribution >= 0.6 is 0 Å². The van der Waals surface area contributed by atoms with Gasteiger partial charge < -0.3 is 19.2 Å². The Labute approximate surface area is 146 Å². The van der Waals surface area contributed by atoms with E-state index >= 15 is 0 Å². The van der Waals surface area contributed by atoms with Gasteiger partial charge in [0.15, 0.2) is 0 Å². The molecule has 0 aliphatic carbocycles. The molecule has 6 heteroatoms. The predicted molar refractivity (Wildman–Crippen MR) is 90.2 cm³/mol. The molecule has 132 valence electrons. The van der Waals surface area contributed by atoms with Crippen molar-refractivity contribution in [3.8, 4) is 5.75 Å². The Morgan fingerprint density at radius 3 is 2.80 bits per heavy atom. The van der Waals surface area contributed by atoms with Gasteiger partial charge in [0.2, 0.25) is 5.91 Å². The fourth-order valence-corrected chi connectivity index (χ4v) is 3.26. The van der Waals surface area contributed by atoms with E-state index in [4.69, 9.17) is 9.15 Å². The number of carboxylic acid groups (broad SMARTS) is 1. The fourth-order valence-electron chi connectivity index (χ4n) is 3.26. The zero-order chi connectivity index (χ0) is 17.8. The van der Waals surface area contributed by atoms with Crippen molar-refractivity contribution in [1.82, 2.24) is 4.90 Å². The average Bonchev–Trinajstić information content (AvgIpc) is 3.11. The molecule has 0 unspecified atom stereocenters. The van der Waals surface area contributed by atoms with Crippen LogP contribution in [-0.2, 0) is 9.59 Å². The lowest BCUT2D eigenvalue weighted by molar-refractivity contribution is -0.153. The lowest BCUT2D eigenvalue weighted by Crippen LogP contribution is -2.46. The summed E-state index contributed by atoms with van der Waals surface area (Å²) in [7, 11) is 0. The summed E-state index contributed by atoms with van der Waals surface area (Å²) in [5, 5.41) is 9.54. The van der Waals surface area contributed by atoms with Gasteiger partial charge in [0.05, 0.1) is 18.7 Å². The Bertz CT molecular complexity index is 740. The van der Waals surface area contributed by atoms with Crippen molar-refractivity contribution < 1.29 is 23.8 Å². The molecule has 0 spiro atoms. The number of furan rings is 1. The van der Waals surface area contributed by atoms with Gasteiger partial charge >= 0.3 is 5.97 Å². The molecule has 6 nitrogen and oxygen atoms in total. The van der Waals surface area contributed by atoms with Gasteiger partial charge in [-0.1, -0.05) is 18.2 Å². The smallest absolute Gasteiger partial charge is 0.309 e. The predicted octanol–water partition coefficient (Wildman–Crippen LogP) is 3.03. The van der Waals surface area contributed by atoms with Crippen LogP contribution in [-0.4, -0.2) is 35.0 Å². The summed E-state index contributed by atoms with van der Waals surface area (Å²) in [5.74, 6) is -0.416. The number of nitrogens with zero attached hydrogens (tertiary/aromatic N) is 1. The van der Waals surface area contributed by atoms with Crippen molar-refractivity contribution in [2.75, 3.05) is 13.2 Å². The summed E-state index contributed by atoms with van der Waals surface area (Å²) in [6.45, 7) is 2.55. The van der Waals surface area contributed by atoms with E-state index in [9.17, 15) is 14.7 Å². The van der Waals surface area contributed by atoms with E-state index in [1.165, 1.54) is 6.26 Å². The zero-order valence-corrected chi connectivity index (χ0v) is 14.1. The third-order valence-electron chi connectivity index (χ3n) is 4.54. The largest absolute Gasteiger partial charge is 0.491 e. The van der Waals surface area contributed by atoms with Crippen LogP contribution in [0.25, 0.3) is 0 Å². The normalized spacial score (nSPS) is 20.5. The summed E-state index contributed by atoms with van der Waals surface area (Å²) in [5.41, 5.74) is 1.01. The Kier molecular flexibility index (Phi) is 5.07. The molecule has 1 aromatic heterocycles. The number of hydrogen-bond acceptors (Lipinski definition) is 4. The maximum Gasteiger partial charge on any atom is 0.309 e. The number of carboxylic acids is 1. The molecule has 0 saturated carbocycles. The minimum absolute atomic E-state index is 0.0766. The third-order valence-corrected chi connectivity index (χ3v) is 4.54. The number of aryl methyl sites for hydroxylation is 1. The van der Waals surface area contributed by atoms with Crippen molar-refractivity contribution >= 4 is 11.9 Å². The second kappa shape index (κ2) is 7.42. The Hall–Kier alpha value is -2.76. The molecular weight excluding hydrogens is 322 g/mol. The first-order valence-corrected chi connectivity index (χ1v) is 8.32. The summed E-state index contributed by atoms with van der Waals surface area (Å²) < 4.78 is 11.2. The number of piperidine rings is 1. The van der Waals surface area contributed by atoms with E-state index in [1.807, 2.05) is 31.2 Å². The van der Waals surface area contributed by atoms with Gasteiger partial charge in [-0.2, -0.15) is 0 Å². The summed E-state index contributed by atoms with van der Waals surface area (Å²) in [6, 6.07) is 10.5. The second-order valence-corrected chi connectivity index (χ2v) is 6.14. The lowest BCUT2D eigenvalue weighted by Gasteiger charge is -2.38. The molecule has 1 aliphatic heterocycles. The maximum absolute atomic E-state index is 12.4. The van der Waals surface area contributed by atoms with Crippen molar-refractivity contribution in [2.45, 2.75) is 25.8 Å². The standard InChI is InChI=1S/C19H21NO5/c1-13-5-2-3-6-15(13)25-12-10-20-17(21)9-8-14(19(22)23)18(20)16-7-4-11-24-16/h2-7,11,14,18H,8-10,12H2,1H3,(H,22,23)/t14-,18+/m1/s1. The summed E-state index contributed by atoms with van der Waals surface area (Å²) in [6.07, 6.45) is 2.03. The monoisotopic (exact) mass is 343 g/mol. The molecule has 2 atom stereocenters. The van der Waals surface area contributed by atoms with Crippen LogP contribution in [0.5, 0.6) is 5.75 Å². The Morgan fingerprint density at radius 1 is 1.32 bits per heavy atom. The van der Waals surface area contributed by atoms with Crippen LogP contribution in [0.4, 0.5) is 0 Å². The van der Waals surface area contributed by atoms with Crippen LogP contribution in [0.1, 0.15) is 30.2 Å². The highest BCUT2D eigenvalue weighted by atomic mass is 16.5. The summed E-state index contributed by atoms with van der Waals surface area (Å²) in [4.78, 5) is 25.6. The number of carbonyl (C=O) groups is 2. The molecule has 1 aliphatic rings. The number of rotatable bonds is 6. The molecule has 1 amide bonds. The molecule has 0 radical (unpaired) electrons. The van der Waals surface area contributed by atoms with Crippen molar-refractivity contribution in [3.63, 3.8) is 0 Å². The van der Waals surface area contributed by atoms with Crippen molar-refractivity contribution in [3.05, 3.63) is 54.0 Å². The minimum atomic E-state index is -0.918. The maximum atomic E-state index is 12.4. The lowest BCUT2D eigenvalue weighted by atomic mass is 9.87. The number of para-hydroxylation sites is 1. The van der Waals surface area contributed by atoms with Gasteiger partial charge in [-0.05, 0) is 37.1 Å². The first-order valence-electron chi connectivity index (χ1n) is 8.32. The molecule has 0 bridgehead atoms. The van der Waals surface area contributed by atoms with Crippen LogP contribution in [0, 0.1) is 12.8 Å². The van der Waals surface area contributed by atoms with Gasteiger partial charge in [0.25, 0.3) is 0 Å². The van der Waals surface area contributed by atoms with Crippen LogP contribution < -0.4 is 4.74 Å². The van der Waals surface area contributed by atoms with Crippen LogP contribution in [0.15, 0.2) is 47.1 Å². The van der Waals surface area contributed by atoms with Gasteiger partial charge in [0, 0.05) is 6.42 Å². The fraction of sp³-hybridized carbons (Fsp3) is 0.368. The summed E-state index contributed by atoms with van der Waals surface area (Å²) >= 11 is 0. The van der Waals surface area contributed by atoms with E-state index in [2.05, 4.69) is 0 Å². The average molecular weight is 343 g/mol. The molecule has 1 N–H and O–H groups in total. The number of carbonyl (C=O) groups excluding carboxylic acids is 1. The van der Waals surface area contributed by atoms with Gasteiger partial charge in [-0.25, -0.2) is 0 Å².